The van der Waals surface area contributed by atoms with Crippen LogP contribution in [-0.2, 0) is 11.3 Å². The van der Waals surface area contributed by atoms with Crippen molar-refractivity contribution in [2.75, 3.05) is 13.7 Å². The molecule has 1 amide bonds. The normalized spacial score (nSPS) is 16.6. The van der Waals surface area contributed by atoms with Crippen LogP contribution in [0.15, 0.2) is 12.1 Å². The van der Waals surface area contributed by atoms with Gasteiger partial charge in [-0.3, -0.25) is 9.69 Å². The van der Waals surface area contributed by atoms with Crippen LogP contribution >= 0.6 is 0 Å². The number of hydrogen-bond donors (Lipinski definition) is 1. The summed E-state index contributed by atoms with van der Waals surface area (Å²) in [6.07, 6.45) is 0.0484. The Morgan fingerprint density at radius 2 is 1.81 bits per heavy atom. The molecule has 0 aliphatic heterocycles. The number of alkyl halides is 3. The number of carbonyl (C=O) groups excluding carboxylic acids is 1. The molecule has 0 spiro atoms. The molecule has 0 saturated heterocycles. The fourth-order valence-corrected chi connectivity index (χ4v) is 3.53. The van der Waals surface area contributed by atoms with Crippen molar-refractivity contribution in [1.82, 2.24) is 10.2 Å². The molecule has 1 N–H and O–H groups in total. The van der Waals surface area contributed by atoms with Crippen molar-refractivity contribution in [3.63, 3.8) is 0 Å². The lowest BCUT2D eigenvalue weighted by Gasteiger charge is -2.26. The van der Waals surface area contributed by atoms with Gasteiger partial charge in [-0.1, -0.05) is 25.0 Å². The zero-order valence-electron chi connectivity index (χ0n) is 16.4. The molecule has 152 valence electrons. The first-order valence-electron chi connectivity index (χ1n) is 9.37. The molecule has 1 unspecified atom stereocenters. The molecule has 0 heterocycles. The van der Waals surface area contributed by atoms with Gasteiger partial charge in [0, 0.05) is 12.6 Å². The average molecular weight is 386 g/mol. The lowest BCUT2D eigenvalue weighted by Crippen LogP contribution is -2.46. The number of aryl methyl sites for hydroxylation is 2. The molecule has 1 atom stereocenters. The summed E-state index contributed by atoms with van der Waals surface area (Å²) in [7, 11) is 1.87. The van der Waals surface area contributed by atoms with Crippen molar-refractivity contribution in [3.8, 4) is 5.75 Å². The van der Waals surface area contributed by atoms with Gasteiger partial charge in [0.05, 0.1) is 6.04 Å². The minimum Gasteiger partial charge on any atom is -0.484 e. The van der Waals surface area contributed by atoms with Gasteiger partial charge in [-0.15, -0.1) is 0 Å². The van der Waals surface area contributed by atoms with E-state index in [0.29, 0.717) is 17.7 Å². The highest BCUT2D eigenvalue weighted by Crippen LogP contribution is 2.28. The predicted molar refractivity (Wildman–Crippen MR) is 98.8 cm³/mol. The van der Waals surface area contributed by atoms with Gasteiger partial charge in [-0.2, -0.15) is 13.2 Å². The van der Waals surface area contributed by atoms with Crippen molar-refractivity contribution >= 4 is 5.91 Å². The standard InChI is InChI=1S/C20H29F3N2O2/c1-13-9-16(10-14(2)18(13)27-12-20(21,22)23)11-25(4)15(3)19(26)24-17-7-5-6-8-17/h9-10,15,17H,5-8,11-12H2,1-4H3,(H,24,26). The topological polar surface area (TPSA) is 41.6 Å². The van der Waals surface area contributed by atoms with Gasteiger partial charge in [0.25, 0.3) is 0 Å². The number of nitrogens with one attached hydrogen (secondary N) is 1. The van der Waals surface area contributed by atoms with Gasteiger partial charge in [-0.25, -0.2) is 0 Å². The third-order valence-electron chi connectivity index (χ3n) is 5.07. The fourth-order valence-electron chi connectivity index (χ4n) is 3.53. The van der Waals surface area contributed by atoms with Crippen LogP contribution in [0.2, 0.25) is 0 Å². The molecule has 4 nitrogen and oxygen atoms in total. The van der Waals surface area contributed by atoms with Crippen LogP contribution in [0.5, 0.6) is 5.75 Å². The first-order valence-corrected chi connectivity index (χ1v) is 9.37. The van der Waals surface area contributed by atoms with Crippen LogP contribution in [0.25, 0.3) is 0 Å². The third kappa shape index (κ3) is 6.41. The van der Waals surface area contributed by atoms with E-state index in [9.17, 15) is 18.0 Å². The van der Waals surface area contributed by atoms with Gasteiger partial charge < -0.3 is 10.1 Å². The van der Waals surface area contributed by atoms with Crippen molar-refractivity contribution in [1.29, 1.82) is 0 Å². The third-order valence-corrected chi connectivity index (χ3v) is 5.07. The fraction of sp³-hybridized carbons (Fsp3) is 0.650. The van der Waals surface area contributed by atoms with E-state index < -0.39 is 12.8 Å². The van der Waals surface area contributed by atoms with E-state index in [-0.39, 0.29) is 23.7 Å². The zero-order chi connectivity index (χ0) is 20.2. The highest BCUT2D eigenvalue weighted by Gasteiger charge is 2.29. The maximum Gasteiger partial charge on any atom is 0.422 e. The van der Waals surface area contributed by atoms with Crippen LogP contribution in [0.4, 0.5) is 13.2 Å². The van der Waals surface area contributed by atoms with Crippen LogP contribution in [-0.4, -0.2) is 42.7 Å². The smallest absolute Gasteiger partial charge is 0.422 e. The molecular formula is C20H29F3N2O2. The molecule has 2 rings (SSSR count). The molecule has 0 bridgehead atoms. The Hall–Kier alpha value is -1.76. The first kappa shape index (κ1) is 21.5. The van der Waals surface area contributed by atoms with E-state index in [1.54, 1.807) is 13.8 Å². The lowest BCUT2D eigenvalue weighted by molar-refractivity contribution is -0.153. The molecule has 0 aromatic heterocycles. The second-order valence-corrected chi connectivity index (χ2v) is 7.54. The van der Waals surface area contributed by atoms with Gasteiger partial charge >= 0.3 is 6.18 Å². The summed E-state index contributed by atoms with van der Waals surface area (Å²) in [6.45, 7) is 4.56. The van der Waals surface area contributed by atoms with E-state index in [1.165, 1.54) is 0 Å². The van der Waals surface area contributed by atoms with E-state index in [4.69, 9.17) is 4.74 Å². The summed E-state index contributed by atoms with van der Waals surface area (Å²) in [5.74, 6) is 0.286. The van der Waals surface area contributed by atoms with E-state index in [1.807, 2.05) is 31.0 Å². The SMILES string of the molecule is Cc1cc(CN(C)C(C)C(=O)NC2CCCC2)cc(C)c1OCC(F)(F)F. The maximum atomic E-state index is 12.4. The molecule has 1 aliphatic carbocycles. The van der Waals surface area contributed by atoms with Crippen molar-refractivity contribution in [2.24, 2.45) is 0 Å². The van der Waals surface area contributed by atoms with Gasteiger partial charge in [0.1, 0.15) is 5.75 Å². The summed E-state index contributed by atoms with van der Waals surface area (Å²) in [6, 6.07) is 3.63. The quantitative estimate of drug-likeness (QED) is 0.766. The highest BCUT2D eigenvalue weighted by molar-refractivity contribution is 5.81. The summed E-state index contributed by atoms with van der Waals surface area (Å²) < 4.78 is 42.1. The zero-order valence-corrected chi connectivity index (χ0v) is 16.4. The molecule has 1 aliphatic rings. The number of likely N-dealkylation sites (N-methyl/N-ethyl adjacent to an activating group) is 1. The van der Waals surface area contributed by atoms with Gasteiger partial charge in [0.15, 0.2) is 6.61 Å². The number of amides is 1. The number of carbonyl (C=O) groups is 1. The minimum atomic E-state index is -4.36. The van der Waals surface area contributed by atoms with E-state index in [2.05, 4.69) is 5.32 Å². The number of hydrogen-bond acceptors (Lipinski definition) is 3. The van der Waals surface area contributed by atoms with Crippen molar-refractivity contribution < 1.29 is 22.7 Å². The Morgan fingerprint density at radius 3 is 2.33 bits per heavy atom. The average Bonchev–Trinajstić information content (AvgIpc) is 3.05. The summed E-state index contributed by atoms with van der Waals surface area (Å²) in [5, 5.41) is 3.10. The molecule has 7 heteroatoms. The Balaban J connectivity index is 1.98. The second kappa shape index (κ2) is 8.95. The summed E-state index contributed by atoms with van der Waals surface area (Å²) in [5.41, 5.74) is 2.25. The number of halogens is 3. The largest absolute Gasteiger partial charge is 0.484 e. The number of ether oxygens (including phenoxy) is 1. The minimum absolute atomic E-state index is 0.0166. The Morgan fingerprint density at radius 1 is 1.26 bits per heavy atom. The van der Waals surface area contributed by atoms with Crippen molar-refractivity contribution in [3.05, 3.63) is 28.8 Å². The molecule has 1 aromatic carbocycles. The number of nitrogens with zero attached hydrogens (tertiary/aromatic N) is 1. The lowest BCUT2D eigenvalue weighted by atomic mass is 10.0. The molecule has 1 aromatic rings. The molecule has 0 radical (unpaired) electrons. The highest BCUT2D eigenvalue weighted by atomic mass is 19.4. The maximum absolute atomic E-state index is 12.4. The number of rotatable bonds is 7. The van der Waals surface area contributed by atoms with E-state index >= 15 is 0 Å². The van der Waals surface area contributed by atoms with Crippen LogP contribution in [0, 0.1) is 13.8 Å². The second-order valence-electron chi connectivity index (χ2n) is 7.54. The van der Waals surface area contributed by atoms with Gasteiger partial charge in [0.2, 0.25) is 5.91 Å². The number of benzene rings is 1. The van der Waals surface area contributed by atoms with Crippen LogP contribution in [0.1, 0.15) is 49.3 Å². The van der Waals surface area contributed by atoms with Crippen LogP contribution < -0.4 is 10.1 Å². The monoisotopic (exact) mass is 386 g/mol. The molecule has 1 saturated carbocycles. The van der Waals surface area contributed by atoms with Crippen molar-refractivity contribution in [2.45, 2.75) is 71.3 Å². The summed E-state index contributed by atoms with van der Waals surface area (Å²) >= 11 is 0. The Bertz CT molecular complexity index is 632. The van der Waals surface area contributed by atoms with Gasteiger partial charge in [-0.05, 0) is 57.4 Å². The predicted octanol–water partition coefficient (Wildman–Crippen LogP) is 4.12. The summed E-state index contributed by atoms with van der Waals surface area (Å²) in [4.78, 5) is 14.4. The Labute approximate surface area is 159 Å². The first-order chi connectivity index (χ1) is 12.6. The van der Waals surface area contributed by atoms with Crippen LogP contribution in [0.3, 0.4) is 0 Å². The Kier molecular flexibility index (Phi) is 7.14. The molecule has 1 fully saturated rings. The molecular weight excluding hydrogens is 357 g/mol. The molecule has 27 heavy (non-hydrogen) atoms. The van der Waals surface area contributed by atoms with E-state index in [0.717, 1.165) is 31.2 Å².